The van der Waals surface area contributed by atoms with Gasteiger partial charge in [-0.2, -0.15) is 5.10 Å². The van der Waals surface area contributed by atoms with Crippen molar-refractivity contribution < 1.29 is 23.1 Å². The molecule has 0 spiro atoms. The molecular weight excluding hydrogens is 425 g/mol. The maximum absolute atomic E-state index is 14.3. The lowest BCUT2D eigenvalue weighted by Crippen LogP contribution is -2.32. The number of nitrogens with one attached hydrogen (secondary N) is 2. The van der Waals surface area contributed by atoms with Gasteiger partial charge in [0.2, 0.25) is 0 Å². The van der Waals surface area contributed by atoms with E-state index in [2.05, 4.69) is 25.5 Å². The Morgan fingerprint density at radius 2 is 1.97 bits per heavy atom. The van der Waals surface area contributed by atoms with E-state index >= 15 is 0 Å². The van der Waals surface area contributed by atoms with Crippen LogP contribution in [0.25, 0.3) is 11.0 Å². The van der Waals surface area contributed by atoms with Gasteiger partial charge in [-0.25, -0.2) is 23.1 Å². The first kappa shape index (κ1) is 20.7. The average Bonchev–Trinajstić information content (AvgIpc) is 3.46. The summed E-state index contributed by atoms with van der Waals surface area (Å²) >= 11 is 0. The van der Waals surface area contributed by atoms with Crippen LogP contribution in [0.3, 0.4) is 0 Å². The molecule has 5 rings (SSSR count). The number of amides is 1. The summed E-state index contributed by atoms with van der Waals surface area (Å²) < 4.78 is 41.9. The lowest BCUT2D eigenvalue weighted by Gasteiger charge is -2.24. The standard InChI is InChI=1S/C21H21F3N6O2/c22-11-4-10(5-12(23)6-11)15-7-13(24)8-30(15)21(32)18-17-19(25-9-26-20(17)29-28-18)27-14-2-1-3-16(14)31/h4-6,9,13-16,31H,1-3,7-8H2,(H2,25,26,27,28,29)/t13-,14+,15+,16+/m0/s1. The molecule has 1 aliphatic carbocycles. The van der Waals surface area contributed by atoms with Gasteiger partial charge >= 0.3 is 0 Å². The quantitative estimate of drug-likeness (QED) is 0.569. The lowest BCUT2D eigenvalue weighted by atomic mass is 10.0. The van der Waals surface area contributed by atoms with Crippen LogP contribution in [-0.2, 0) is 0 Å². The van der Waals surface area contributed by atoms with Crippen molar-refractivity contribution in [3.63, 3.8) is 0 Å². The summed E-state index contributed by atoms with van der Waals surface area (Å²) in [6.45, 7) is -0.228. The van der Waals surface area contributed by atoms with E-state index in [9.17, 15) is 23.1 Å². The molecule has 168 valence electrons. The van der Waals surface area contributed by atoms with Crippen LogP contribution in [0.2, 0.25) is 0 Å². The minimum Gasteiger partial charge on any atom is -0.391 e. The highest BCUT2D eigenvalue weighted by Crippen LogP contribution is 2.36. The molecule has 3 N–H and O–H groups in total. The molecule has 2 aliphatic rings. The van der Waals surface area contributed by atoms with Crippen LogP contribution >= 0.6 is 0 Å². The van der Waals surface area contributed by atoms with Gasteiger partial charge in [0, 0.05) is 12.5 Å². The van der Waals surface area contributed by atoms with Crippen LogP contribution in [-0.4, -0.2) is 60.9 Å². The first-order valence-corrected chi connectivity index (χ1v) is 10.5. The molecule has 11 heteroatoms. The van der Waals surface area contributed by atoms with Gasteiger partial charge in [-0.1, -0.05) is 0 Å². The molecule has 2 aromatic heterocycles. The van der Waals surface area contributed by atoms with E-state index in [0.717, 1.165) is 31.0 Å². The number of hydrogen-bond donors (Lipinski definition) is 3. The van der Waals surface area contributed by atoms with Crippen LogP contribution < -0.4 is 5.32 Å². The number of aromatic nitrogens is 4. The fourth-order valence-electron chi connectivity index (χ4n) is 4.64. The number of nitrogens with zero attached hydrogens (tertiary/aromatic N) is 4. The number of halogens is 3. The van der Waals surface area contributed by atoms with E-state index in [0.29, 0.717) is 23.3 Å². The number of likely N-dealkylation sites (tertiary alicyclic amines) is 1. The first-order chi connectivity index (χ1) is 15.4. The van der Waals surface area contributed by atoms with Gasteiger partial charge in [0.1, 0.15) is 30.0 Å². The normalized spacial score (nSPS) is 25.6. The zero-order chi connectivity index (χ0) is 22.4. The SMILES string of the molecule is O=C(c1n[nH]c2ncnc(N[C@@H]3CCC[C@H]3O)c12)N1C[C@@H](F)C[C@@H]1c1cc(F)cc(F)c1. The fourth-order valence-corrected chi connectivity index (χ4v) is 4.64. The molecule has 2 fully saturated rings. The number of aliphatic hydroxyl groups excluding tert-OH is 1. The third-order valence-electron chi connectivity index (χ3n) is 6.14. The van der Waals surface area contributed by atoms with Crippen molar-refractivity contribution in [3.8, 4) is 0 Å². The fraction of sp³-hybridized carbons (Fsp3) is 0.429. The summed E-state index contributed by atoms with van der Waals surface area (Å²) in [6.07, 6.45) is 1.63. The molecule has 3 heterocycles. The van der Waals surface area contributed by atoms with Gasteiger partial charge in [0.05, 0.1) is 30.1 Å². The van der Waals surface area contributed by atoms with Gasteiger partial charge in [0.15, 0.2) is 11.3 Å². The van der Waals surface area contributed by atoms with E-state index in [-0.39, 0.29) is 30.3 Å². The number of H-pyrrole nitrogens is 1. The highest BCUT2D eigenvalue weighted by Gasteiger charge is 2.39. The van der Waals surface area contributed by atoms with E-state index in [1.54, 1.807) is 0 Å². The molecule has 1 saturated heterocycles. The van der Waals surface area contributed by atoms with Crippen molar-refractivity contribution in [1.29, 1.82) is 0 Å². The van der Waals surface area contributed by atoms with Crippen LogP contribution in [0.1, 0.15) is 47.8 Å². The summed E-state index contributed by atoms with van der Waals surface area (Å²) in [6, 6.07) is 1.87. The first-order valence-electron chi connectivity index (χ1n) is 10.5. The molecular formula is C21H21F3N6O2. The Bertz CT molecular complexity index is 1150. The summed E-state index contributed by atoms with van der Waals surface area (Å²) in [5, 5.41) is 20.4. The van der Waals surface area contributed by atoms with E-state index in [4.69, 9.17) is 0 Å². The van der Waals surface area contributed by atoms with E-state index < -0.39 is 35.9 Å². The third-order valence-corrected chi connectivity index (χ3v) is 6.14. The van der Waals surface area contributed by atoms with Gasteiger partial charge in [-0.05, 0) is 37.0 Å². The monoisotopic (exact) mass is 446 g/mol. The predicted octanol–water partition coefficient (Wildman–Crippen LogP) is 2.88. The zero-order valence-corrected chi connectivity index (χ0v) is 16.9. The zero-order valence-electron chi connectivity index (χ0n) is 16.9. The lowest BCUT2D eigenvalue weighted by molar-refractivity contribution is 0.0724. The molecule has 1 amide bonds. The average molecular weight is 446 g/mol. The van der Waals surface area contributed by atoms with Crippen LogP contribution in [0.5, 0.6) is 0 Å². The molecule has 1 aromatic carbocycles. The highest BCUT2D eigenvalue weighted by molar-refractivity contribution is 6.07. The molecule has 3 aromatic rings. The Labute approximate surface area is 180 Å². The number of alkyl halides is 1. The van der Waals surface area contributed by atoms with E-state index in [1.807, 2.05) is 0 Å². The Kier molecular flexibility index (Phi) is 5.20. The second-order valence-electron chi connectivity index (χ2n) is 8.28. The Morgan fingerprint density at radius 3 is 2.69 bits per heavy atom. The molecule has 0 unspecified atom stereocenters. The number of fused-ring (bicyclic) bond motifs is 1. The third kappa shape index (κ3) is 3.66. The molecule has 1 saturated carbocycles. The number of benzene rings is 1. The minimum absolute atomic E-state index is 0.0217. The van der Waals surface area contributed by atoms with Crippen LogP contribution in [0, 0.1) is 11.6 Å². The molecule has 0 radical (unpaired) electrons. The summed E-state index contributed by atoms with van der Waals surface area (Å²) in [7, 11) is 0. The molecule has 1 aliphatic heterocycles. The largest absolute Gasteiger partial charge is 0.391 e. The smallest absolute Gasteiger partial charge is 0.275 e. The van der Waals surface area contributed by atoms with Crippen molar-refractivity contribution >= 4 is 22.8 Å². The van der Waals surface area contributed by atoms with Crippen molar-refractivity contribution in [1.82, 2.24) is 25.1 Å². The van der Waals surface area contributed by atoms with Crippen molar-refractivity contribution in [2.75, 3.05) is 11.9 Å². The molecule has 4 atom stereocenters. The maximum atomic E-state index is 14.3. The second-order valence-corrected chi connectivity index (χ2v) is 8.28. The van der Waals surface area contributed by atoms with Gasteiger partial charge in [-0.15, -0.1) is 0 Å². The molecule has 32 heavy (non-hydrogen) atoms. The second kappa shape index (κ2) is 8.05. The highest BCUT2D eigenvalue weighted by atomic mass is 19.1. The van der Waals surface area contributed by atoms with Crippen molar-refractivity contribution in [2.24, 2.45) is 0 Å². The predicted molar refractivity (Wildman–Crippen MR) is 109 cm³/mol. The van der Waals surface area contributed by atoms with Crippen molar-refractivity contribution in [2.45, 2.75) is 50.0 Å². The molecule has 0 bridgehead atoms. The van der Waals surface area contributed by atoms with Crippen LogP contribution in [0.15, 0.2) is 24.5 Å². The van der Waals surface area contributed by atoms with Crippen LogP contribution in [0.4, 0.5) is 19.0 Å². The Balaban J connectivity index is 1.51. The minimum atomic E-state index is -1.34. The number of hydrogen-bond acceptors (Lipinski definition) is 6. The number of anilines is 1. The number of rotatable bonds is 4. The Morgan fingerprint density at radius 1 is 1.19 bits per heavy atom. The topological polar surface area (TPSA) is 107 Å². The number of carbonyl (C=O) groups is 1. The Hall–Kier alpha value is -3.21. The summed E-state index contributed by atoms with van der Waals surface area (Å²) in [5.74, 6) is -1.86. The number of aromatic amines is 1. The van der Waals surface area contributed by atoms with Gasteiger partial charge < -0.3 is 15.3 Å². The van der Waals surface area contributed by atoms with Crippen molar-refractivity contribution in [3.05, 3.63) is 47.4 Å². The van der Waals surface area contributed by atoms with Gasteiger partial charge in [-0.3, -0.25) is 9.89 Å². The summed E-state index contributed by atoms with van der Waals surface area (Å²) in [4.78, 5) is 23.0. The van der Waals surface area contributed by atoms with Gasteiger partial charge in [0.25, 0.3) is 5.91 Å². The maximum Gasteiger partial charge on any atom is 0.275 e. The van der Waals surface area contributed by atoms with E-state index in [1.165, 1.54) is 11.2 Å². The number of carbonyl (C=O) groups excluding carboxylic acids is 1. The molecule has 8 nitrogen and oxygen atoms in total. The number of aliphatic hydroxyl groups is 1. The summed E-state index contributed by atoms with van der Waals surface area (Å²) in [5.41, 5.74) is 0.466.